The number of nitrogens with zero attached hydrogens (tertiary/aromatic N) is 2. The molecule has 1 saturated heterocycles. The van der Waals surface area contributed by atoms with Crippen LogP contribution < -0.4 is 10.2 Å². The van der Waals surface area contributed by atoms with Crippen molar-refractivity contribution in [1.29, 1.82) is 0 Å². The lowest BCUT2D eigenvalue weighted by atomic mass is 10.1. The van der Waals surface area contributed by atoms with Crippen LogP contribution in [-0.2, 0) is 9.59 Å². The number of benzene rings is 1. The number of carbonyl (C=O) groups is 5. The van der Waals surface area contributed by atoms with Crippen molar-refractivity contribution in [2.75, 3.05) is 11.9 Å². The Morgan fingerprint density at radius 1 is 0.900 bits per heavy atom. The van der Waals surface area contributed by atoms with Gasteiger partial charge in [0.1, 0.15) is 0 Å². The van der Waals surface area contributed by atoms with Crippen molar-refractivity contribution >= 4 is 35.3 Å². The molecule has 0 aromatic heterocycles. The molecule has 100 valence electrons. The Labute approximate surface area is 111 Å². The van der Waals surface area contributed by atoms with E-state index in [1.807, 2.05) is 5.32 Å². The summed E-state index contributed by atoms with van der Waals surface area (Å²) in [5.41, 5.74) is 0.350. The Morgan fingerprint density at radius 2 is 1.55 bits per heavy atom. The van der Waals surface area contributed by atoms with Crippen LogP contribution in [0.25, 0.3) is 0 Å². The van der Waals surface area contributed by atoms with E-state index in [4.69, 9.17) is 0 Å². The van der Waals surface area contributed by atoms with Crippen LogP contribution in [-0.4, -0.2) is 41.6 Å². The molecule has 0 radical (unpaired) electrons. The van der Waals surface area contributed by atoms with Crippen molar-refractivity contribution in [3.05, 3.63) is 29.3 Å². The quantitative estimate of drug-likeness (QED) is 0.422. The average molecular weight is 273 g/mol. The normalized spacial score (nSPS) is 17.9. The number of carbonyl (C=O) groups excluding carboxylic acids is 5. The molecule has 6 amide bonds. The third kappa shape index (κ3) is 1.38. The van der Waals surface area contributed by atoms with Crippen molar-refractivity contribution in [3.63, 3.8) is 0 Å². The molecule has 2 heterocycles. The molecular formula is C12H7N3O5. The number of hydrogen-bond acceptors (Lipinski definition) is 5. The molecule has 0 saturated carbocycles. The summed E-state index contributed by atoms with van der Waals surface area (Å²) in [6.07, 6.45) is 0. The fourth-order valence-corrected chi connectivity index (χ4v) is 2.12. The van der Waals surface area contributed by atoms with Gasteiger partial charge in [0.2, 0.25) is 0 Å². The molecule has 0 bridgehead atoms. The monoisotopic (exact) mass is 273 g/mol. The summed E-state index contributed by atoms with van der Waals surface area (Å²) in [6.45, 7) is 0. The Morgan fingerprint density at radius 3 is 2.15 bits per heavy atom. The lowest BCUT2D eigenvalue weighted by molar-refractivity contribution is -0.134. The smallest absolute Gasteiger partial charge is 0.277 e. The van der Waals surface area contributed by atoms with Crippen LogP contribution in [0.3, 0.4) is 0 Å². The van der Waals surface area contributed by atoms with E-state index in [0.717, 1.165) is 4.90 Å². The molecule has 1 fully saturated rings. The molecule has 20 heavy (non-hydrogen) atoms. The number of imide groups is 3. The van der Waals surface area contributed by atoms with E-state index >= 15 is 0 Å². The Hall–Kier alpha value is -3.03. The van der Waals surface area contributed by atoms with Crippen LogP contribution in [0.1, 0.15) is 20.7 Å². The molecule has 0 atom stereocenters. The Bertz CT molecular complexity index is 724. The molecule has 2 aliphatic heterocycles. The SMILES string of the molecule is CN1C(=O)c2ccc(N3C(=O)NC(=O)C3=O)cc2C1=O. The first kappa shape index (κ1) is 12.0. The maximum atomic E-state index is 11.8. The van der Waals surface area contributed by atoms with Crippen LogP contribution in [0.15, 0.2) is 18.2 Å². The summed E-state index contributed by atoms with van der Waals surface area (Å²) in [4.78, 5) is 59.3. The largest absolute Gasteiger partial charge is 0.336 e. The van der Waals surface area contributed by atoms with Crippen LogP contribution in [0.4, 0.5) is 10.5 Å². The van der Waals surface area contributed by atoms with Crippen molar-refractivity contribution in [2.24, 2.45) is 0 Å². The minimum Gasteiger partial charge on any atom is -0.277 e. The van der Waals surface area contributed by atoms with Gasteiger partial charge in [-0.3, -0.25) is 29.4 Å². The molecule has 0 unspecified atom stereocenters. The number of rotatable bonds is 1. The summed E-state index contributed by atoms with van der Waals surface area (Å²) in [6, 6.07) is 3.04. The summed E-state index contributed by atoms with van der Waals surface area (Å²) < 4.78 is 0. The molecule has 0 spiro atoms. The van der Waals surface area contributed by atoms with E-state index in [1.165, 1.54) is 25.2 Å². The molecule has 8 heteroatoms. The molecule has 3 rings (SSSR count). The number of amides is 6. The van der Waals surface area contributed by atoms with E-state index in [2.05, 4.69) is 0 Å². The zero-order valence-electron chi connectivity index (χ0n) is 10.2. The van der Waals surface area contributed by atoms with Gasteiger partial charge in [-0.05, 0) is 18.2 Å². The number of urea groups is 1. The minimum atomic E-state index is -1.03. The third-order valence-electron chi connectivity index (χ3n) is 3.15. The van der Waals surface area contributed by atoms with Crippen LogP contribution in [0.5, 0.6) is 0 Å². The minimum absolute atomic E-state index is 0.0635. The van der Waals surface area contributed by atoms with E-state index < -0.39 is 29.7 Å². The first-order valence-electron chi connectivity index (χ1n) is 5.57. The van der Waals surface area contributed by atoms with E-state index in [-0.39, 0.29) is 16.8 Å². The van der Waals surface area contributed by atoms with Crippen LogP contribution in [0.2, 0.25) is 0 Å². The van der Waals surface area contributed by atoms with Gasteiger partial charge in [-0.1, -0.05) is 0 Å². The van der Waals surface area contributed by atoms with Crippen LogP contribution in [0, 0.1) is 0 Å². The highest BCUT2D eigenvalue weighted by atomic mass is 16.2. The summed E-state index contributed by atoms with van der Waals surface area (Å²) in [5.74, 6) is -3.04. The van der Waals surface area contributed by atoms with E-state index in [0.29, 0.717) is 4.90 Å². The third-order valence-corrected chi connectivity index (χ3v) is 3.15. The fraction of sp³-hybridized carbons (Fsp3) is 0.0833. The first-order chi connectivity index (χ1) is 9.41. The van der Waals surface area contributed by atoms with Gasteiger partial charge >= 0.3 is 17.8 Å². The van der Waals surface area contributed by atoms with E-state index in [1.54, 1.807) is 0 Å². The second kappa shape index (κ2) is 3.73. The van der Waals surface area contributed by atoms with Gasteiger partial charge in [0.05, 0.1) is 16.8 Å². The highest BCUT2D eigenvalue weighted by Crippen LogP contribution is 2.27. The predicted molar refractivity (Wildman–Crippen MR) is 63.9 cm³/mol. The summed E-state index contributed by atoms with van der Waals surface area (Å²) in [7, 11) is 1.33. The Kier molecular flexibility index (Phi) is 2.24. The highest BCUT2D eigenvalue weighted by molar-refractivity contribution is 6.53. The van der Waals surface area contributed by atoms with Gasteiger partial charge in [-0.25, -0.2) is 9.69 Å². The number of anilines is 1. The molecule has 8 nitrogen and oxygen atoms in total. The van der Waals surface area contributed by atoms with Gasteiger partial charge < -0.3 is 0 Å². The highest BCUT2D eigenvalue weighted by Gasteiger charge is 2.40. The average Bonchev–Trinajstić information content (AvgIpc) is 2.79. The number of nitrogens with one attached hydrogen (secondary N) is 1. The van der Waals surface area contributed by atoms with Gasteiger partial charge in [-0.2, -0.15) is 0 Å². The molecular weight excluding hydrogens is 266 g/mol. The van der Waals surface area contributed by atoms with Gasteiger partial charge in [-0.15, -0.1) is 0 Å². The summed E-state index contributed by atoms with van der Waals surface area (Å²) in [5, 5.41) is 1.85. The molecule has 2 aliphatic rings. The zero-order valence-corrected chi connectivity index (χ0v) is 10.2. The lowest BCUT2D eigenvalue weighted by Gasteiger charge is -2.11. The first-order valence-corrected chi connectivity index (χ1v) is 5.57. The molecule has 1 aromatic carbocycles. The lowest BCUT2D eigenvalue weighted by Crippen LogP contribution is -2.30. The topological polar surface area (TPSA) is 104 Å². The van der Waals surface area contributed by atoms with E-state index in [9.17, 15) is 24.0 Å². The van der Waals surface area contributed by atoms with Gasteiger partial charge in [0.25, 0.3) is 11.8 Å². The fourth-order valence-electron chi connectivity index (χ4n) is 2.12. The van der Waals surface area contributed by atoms with Gasteiger partial charge in [0, 0.05) is 7.05 Å². The maximum absolute atomic E-state index is 11.8. The maximum Gasteiger partial charge on any atom is 0.336 e. The predicted octanol–water partition coefficient (Wildman–Crippen LogP) is -0.505. The number of hydrogen-bond donors (Lipinski definition) is 1. The summed E-state index contributed by atoms with van der Waals surface area (Å²) >= 11 is 0. The van der Waals surface area contributed by atoms with Gasteiger partial charge in [0.15, 0.2) is 0 Å². The van der Waals surface area contributed by atoms with Crippen molar-refractivity contribution in [1.82, 2.24) is 10.2 Å². The van der Waals surface area contributed by atoms with Crippen molar-refractivity contribution in [2.45, 2.75) is 0 Å². The standard InChI is InChI=1S/C12H7N3O5/c1-14-9(17)6-3-2-5(4-7(6)10(14)18)15-11(19)8(16)13-12(15)20/h2-4H,1H3,(H,13,16,20). The second-order valence-electron chi connectivity index (χ2n) is 4.30. The zero-order chi connectivity index (χ0) is 14.6. The molecule has 1 aromatic rings. The van der Waals surface area contributed by atoms with Crippen molar-refractivity contribution in [3.8, 4) is 0 Å². The van der Waals surface area contributed by atoms with Crippen molar-refractivity contribution < 1.29 is 24.0 Å². The second-order valence-corrected chi connectivity index (χ2v) is 4.30. The Balaban J connectivity index is 2.09. The molecule has 1 N–H and O–H groups in total. The van der Waals surface area contributed by atoms with Crippen LogP contribution >= 0.6 is 0 Å². The number of fused-ring (bicyclic) bond motifs is 1. The molecule has 0 aliphatic carbocycles.